The van der Waals surface area contributed by atoms with E-state index in [1.807, 2.05) is 19.0 Å². The van der Waals surface area contributed by atoms with E-state index in [1.54, 1.807) is 6.07 Å². The molecule has 3 atom stereocenters. The summed E-state index contributed by atoms with van der Waals surface area (Å²) in [6.07, 6.45) is -0.135. The Morgan fingerprint density at radius 2 is 1.87 bits per heavy atom. The van der Waals surface area contributed by atoms with Crippen LogP contribution in [0.5, 0.6) is 0 Å². The van der Waals surface area contributed by atoms with Crippen molar-refractivity contribution < 1.29 is 26.0 Å². The highest BCUT2D eigenvalue weighted by atomic mass is 35.5. The van der Waals surface area contributed by atoms with Crippen LogP contribution in [0.4, 0.5) is 29.1 Å². The molecule has 38 heavy (non-hydrogen) atoms. The lowest BCUT2D eigenvalue weighted by molar-refractivity contribution is -0.137. The SMILES string of the molecule is CN(C)[C@H]1CC[C@@H](c2cccc(C(F)(F)F)c2)C[C@@H]1Nc1cc(F)c(S(=O)(=O)Nc2ccncn2)cc1Cl. The molecule has 0 spiro atoms. The van der Waals surface area contributed by atoms with Gasteiger partial charge in [-0.2, -0.15) is 13.2 Å². The summed E-state index contributed by atoms with van der Waals surface area (Å²) in [5.41, 5.74) is 0.0665. The number of aromatic nitrogens is 2. The van der Waals surface area contributed by atoms with Crippen molar-refractivity contribution in [2.45, 2.75) is 48.3 Å². The molecule has 7 nitrogen and oxygen atoms in total. The Morgan fingerprint density at radius 1 is 1.11 bits per heavy atom. The van der Waals surface area contributed by atoms with Gasteiger partial charge in [0.1, 0.15) is 22.9 Å². The highest BCUT2D eigenvalue weighted by molar-refractivity contribution is 7.92. The standard InChI is InChI=1S/C25H26ClF4N5O2S/c1-35(2)22-7-6-16(15-4-3-5-17(10-15)25(28,29)30)11-21(22)33-20-13-19(27)23(12-18(20)26)38(36,37)34-24-8-9-31-14-32-24/h3-5,8-10,12-14,16,21-22,33H,6-7,11H2,1-2H3,(H,31,32,34)/t16-,21+,22+/m1/s1. The Morgan fingerprint density at radius 3 is 2.53 bits per heavy atom. The number of nitrogens with one attached hydrogen (secondary N) is 2. The van der Waals surface area contributed by atoms with Gasteiger partial charge in [0.15, 0.2) is 0 Å². The molecule has 2 N–H and O–H groups in total. The summed E-state index contributed by atoms with van der Waals surface area (Å²) in [4.78, 5) is 8.82. The highest BCUT2D eigenvalue weighted by Crippen LogP contribution is 2.39. The van der Waals surface area contributed by atoms with Crippen LogP contribution in [-0.2, 0) is 16.2 Å². The summed E-state index contributed by atoms with van der Waals surface area (Å²) in [7, 11) is -0.550. The van der Waals surface area contributed by atoms with E-state index in [1.165, 1.54) is 24.4 Å². The molecule has 1 heterocycles. The molecular weight excluding hydrogens is 546 g/mol. The van der Waals surface area contributed by atoms with Gasteiger partial charge in [0.25, 0.3) is 10.0 Å². The first-order valence-electron chi connectivity index (χ1n) is 11.7. The van der Waals surface area contributed by atoms with Crippen molar-refractivity contribution in [1.29, 1.82) is 0 Å². The molecule has 0 aliphatic heterocycles. The number of nitrogens with zero attached hydrogens (tertiary/aromatic N) is 3. The molecule has 0 saturated heterocycles. The summed E-state index contributed by atoms with van der Waals surface area (Å²) >= 11 is 6.40. The Bertz CT molecular complexity index is 1390. The molecular formula is C25H26ClF4N5O2S. The molecule has 1 aliphatic rings. The van der Waals surface area contributed by atoms with Crippen LogP contribution in [0, 0.1) is 5.82 Å². The van der Waals surface area contributed by atoms with E-state index < -0.39 is 32.5 Å². The number of likely N-dealkylation sites (N-methyl/N-ethyl adjacent to an activating group) is 1. The lowest BCUT2D eigenvalue weighted by atomic mass is 9.78. The number of rotatable bonds is 7. The Hall–Kier alpha value is -2.96. The van der Waals surface area contributed by atoms with Crippen LogP contribution in [-0.4, -0.2) is 49.5 Å². The van der Waals surface area contributed by atoms with Gasteiger partial charge in [-0.1, -0.05) is 29.8 Å². The quantitative estimate of drug-likeness (QED) is 0.350. The fraction of sp³-hybridized carbons (Fsp3) is 0.360. The van der Waals surface area contributed by atoms with Crippen molar-refractivity contribution in [1.82, 2.24) is 14.9 Å². The van der Waals surface area contributed by atoms with E-state index in [0.717, 1.165) is 24.5 Å². The maximum absolute atomic E-state index is 15.1. The number of alkyl halides is 3. The molecule has 4 rings (SSSR count). The minimum absolute atomic E-state index is 0.0148. The van der Waals surface area contributed by atoms with Gasteiger partial charge in [-0.25, -0.2) is 22.8 Å². The number of benzene rings is 2. The summed E-state index contributed by atoms with van der Waals surface area (Å²) in [5.74, 6) is -1.22. The van der Waals surface area contributed by atoms with Gasteiger partial charge in [0.2, 0.25) is 0 Å². The van der Waals surface area contributed by atoms with Crippen molar-refractivity contribution in [3.8, 4) is 0 Å². The van der Waals surface area contributed by atoms with E-state index >= 15 is 4.39 Å². The number of hydrogen-bond acceptors (Lipinski definition) is 6. The highest BCUT2D eigenvalue weighted by Gasteiger charge is 2.35. The van der Waals surface area contributed by atoms with Crippen LogP contribution < -0.4 is 10.0 Å². The Kier molecular flexibility index (Phi) is 8.15. The number of hydrogen-bond donors (Lipinski definition) is 2. The zero-order valence-electron chi connectivity index (χ0n) is 20.5. The van der Waals surface area contributed by atoms with Crippen molar-refractivity contribution in [3.63, 3.8) is 0 Å². The van der Waals surface area contributed by atoms with Gasteiger partial charge in [-0.3, -0.25) is 4.72 Å². The first-order chi connectivity index (χ1) is 17.8. The first kappa shape index (κ1) is 28.1. The number of anilines is 2. The summed E-state index contributed by atoms with van der Waals surface area (Å²) in [5, 5.41) is 3.20. The molecule has 1 aliphatic carbocycles. The molecule has 13 heteroatoms. The molecule has 1 fully saturated rings. The molecule has 1 saturated carbocycles. The number of halogens is 5. The van der Waals surface area contributed by atoms with Crippen LogP contribution in [0.1, 0.15) is 36.3 Å². The van der Waals surface area contributed by atoms with Crippen LogP contribution >= 0.6 is 11.6 Å². The summed E-state index contributed by atoms with van der Waals surface area (Å²) in [6.45, 7) is 0. The van der Waals surface area contributed by atoms with Gasteiger partial charge >= 0.3 is 6.18 Å². The average Bonchev–Trinajstić information content (AvgIpc) is 2.85. The predicted octanol–water partition coefficient (Wildman–Crippen LogP) is 5.77. The monoisotopic (exact) mass is 571 g/mol. The van der Waals surface area contributed by atoms with Crippen LogP contribution in [0.25, 0.3) is 0 Å². The maximum atomic E-state index is 15.1. The van der Waals surface area contributed by atoms with Crippen molar-refractivity contribution in [3.05, 3.63) is 77.0 Å². The largest absolute Gasteiger partial charge is 0.416 e. The molecule has 0 bridgehead atoms. The smallest absolute Gasteiger partial charge is 0.379 e. The third-order valence-electron chi connectivity index (χ3n) is 6.64. The normalized spacial score (nSPS) is 20.4. The molecule has 0 amide bonds. The molecule has 1 aromatic heterocycles. The van der Waals surface area contributed by atoms with Crippen molar-refractivity contribution in [2.75, 3.05) is 24.1 Å². The third kappa shape index (κ3) is 6.36. The van der Waals surface area contributed by atoms with Gasteiger partial charge in [0, 0.05) is 18.3 Å². The molecule has 0 radical (unpaired) electrons. The average molecular weight is 572 g/mol. The van der Waals surface area contributed by atoms with Crippen molar-refractivity contribution in [2.24, 2.45) is 0 Å². The predicted molar refractivity (Wildman–Crippen MR) is 137 cm³/mol. The summed E-state index contributed by atoms with van der Waals surface area (Å²) in [6, 6.07) is 8.34. The summed E-state index contributed by atoms with van der Waals surface area (Å²) < 4.78 is 82.5. The second-order valence-electron chi connectivity index (χ2n) is 9.38. The van der Waals surface area contributed by atoms with Crippen molar-refractivity contribution >= 4 is 33.1 Å². The fourth-order valence-corrected chi connectivity index (χ4v) is 6.17. The Labute approximate surface area is 223 Å². The van der Waals surface area contributed by atoms with Gasteiger partial charge in [0.05, 0.1) is 16.3 Å². The molecule has 3 aromatic rings. The lowest BCUT2D eigenvalue weighted by Crippen LogP contribution is -2.47. The second-order valence-corrected chi connectivity index (χ2v) is 11.4. The molecule has 204 valence electrons. The molecule has 2 aromatic carbocycles. The van der Waals surface area contributed by atoms with E-state index in [0.29, 0.717) is 24.8 Å². The van der Waals surface area contributed by atoms with Gasteiger partial charge in [-0.05, 0) is 69.1 Å². The maximum Gasteiger partial charge on any atom is 0.416 e. The van der Waals surface area contributed by atoms with Crippen LogP contribution in [0.15, 0.2) is 59.9 Å². The topological polar surface area (TPSA) is 87.2 Å². The van der Waals surface area contributed by atoms with E-state index in [4.69, 9.17) is 11.6 Å². The minimum Gasteiger partial charge on any atom is -0.379 e. The minimum atomic E-state index is -4.44. The number of sulfonamides is 1. The van der Waals surface area contributed by atoms with Crippen LogP contribution in [0.3, 0.4) is 0 Å². The van der Waals surface area contributed by atoms with E-state index in [-0.39, 0.29) is 34.5 Å². The first-order valence-corrected chi connectivity index (χ1v) is 13.6. The van der Waals surface area contributed by atoms with Gasteiger partial charge < -0.3 is 10.2 Å². The molecule has 0 unspecified atom stereocenters. The van der Waals surface area contributed by atoms with E-state index in [2.05, 4.69) is 20.0 Å². The zero-order valence-corrected chi connectivity index (χ0v) is 22.1. The Balaban J connectivity index is 1.58. The fourth-order valence-electron chi connectivity index (χ4n) is 4.79. The zero-order chi connectivity index (χ0) is 27.7. The van der Waals surface area contributed by atoms with Gasteiger partial charge in [-0.15, -0.1) is 0 Å². The van der Waals surface area contributed by atoms with Crippen LogP contribution in [0.2, 0.25) is 5.02 Å². The third-order valence-corrected chi connectivity index (χ3v) is 8.32. The lowest BCUT2D eigenvalue weighted by Gasteiger charge is -2.41. The second kappa shape index (κ2) is 11.0. The van der Waals surface area contributed by atoms with E-state index in [9.17, 15) is 21.6 Å².